The summed E-state index contributed by atoms with van der Waals surface area (Å²) in [7, 11) is 1.84. The molecule has 1 heterocycles. The van der Waals surface area contributed by atoms with Gasteiger partial charge in [0.1, 0.15) is 0 Å². The first kappa shape index (κ1) is 15.4. The smallest absolute Gasteiger partial charge is 0.236 e. The van der Waals surface area contributed by atoms with Crippen molar-refractivity contribution in [2.45, 2.75) is 11.8 Å². The molecule has 0 bridgehead atoms. The van der Waals surface area contributed by atoms with Crippen LogP contribution in [-0.2, 0) is 11.3 Å². The Kier molecular flexibility index (Phi) is 5.75. The number of carbonyl (C=O) groups is 1. The van der Waals surface area contributed by atoms with Crippen LogP contribution in [0.15, 0.2) is 18.2 Å². The maximum Gasteiger partial charge on any atom is 0.236 e. The van der Waals surface area contributed by atoms with Crippen LogP contribution in [0.3, 0.4) is 0 Å². The largest absolute Gasteiger partial charge is 0.340 e. The lowest BCUT2D eigenvalue weighted by molar-refractivity contribution is -0.129. The summed E-state index contributed by atoms with van der Waals surface area (Å²) in [5.74, 6) is 3.31. The van der Waals surface area contributed by atoms with E-state index in [1.54, 1.807) is 22.7 Å². The molecule has 1 aliphatic rings. The van der Waals surface area contributed by atoms with Crippen molar-refractivity contribution in [3.05, 3.63) is 33.8 Å². The molecule has 1 unspecified atom stereocenters. The SMILES string of the molecule is CN(Cc1ccc(Cl)c(Cl)c1)C(=O)C1CSCCS1. The van der Waals surface area contributed by atoms with Gasteiger partial charge in [-0.2, -0.15) is 11.8 Å². The zero-order chi connectivity index (χ0) is 13.8. The van der Waals surface area contributed by atoms with Crippen molar-refractivity contribution in [2.24, 2.45) is 0 Å². The molecule has 1 amide bonds. The number of carbonyl (C=O) groups excluding carboxylic acids is 1. The maximum atomic E-state index is 12.3. The fourth-order valence-corrected chi connectivity index (χ4v) is 4.85. The zero-order valence-corrected chi connectivity index (χ0v) is 13.7. The highest BCUT2D eigenvalue weighted by atomic mass is 35.5. The molecule has 2 nitrogen and oxygen atoms in total. The van der Waals surface area contributed by atoms with Gasteiger partial charge < -0.3 is 4.90 Å². The minimum absolute atomic E-state index is 0.0894. The van der Waals surface area contributed by atoms with Gasteiger partial charge in [0.15, 0.2) is 0 Å². The van der Waals surface area contributed by atoms with Gasteiger partial charge >= 0.3 is 0 Å². The number of hydrogen-bond acceptors (Lipinski definition) is 3. The number of nitrogens with zero attached hydrogens (tertiary/aromatic N) is 1. The summed E-state index contributed by atoms with van der Waals surface area (Å²) in [4.78, 5) is 14.1. The van der Waals surface area contributed by atoms with E-state index in [1.165, 1.54) is 0 Å². The Morgan fingerprint density at radius 3 is 2.79 bits per heavy atom. The van der Waals surface area contributed by atoms with Gasteiger partial charge in [-0.3, -0.25) is 4.79 Å². The van der Waals surface area contributed by atoms with E-state index in [9.17, 15) is 4.79 Å². The molecule has 1 atom stereocenters. The lowest BCUT2D eigenvalue weighted by atomic mass is 10.2. The lowest BCUT2D eigenvalue weighted by Crippen LogP contribution is -2.37. The molecule has 1 saturated heterocycles. The van der Waals surface area contributed by atoms with Crippen LogP contribution in [0.25, 0.3) is 0 Å². The van der Waals surface area contributed by atoms with Crippen LogP contribution in [-0.4, -0.2) is 40.4 Å². The van der Waals surface area contributed by atoms with Gasteiger partial charge in [-0.15, -0.1) is 11.8 Å². The molecule has 104 valence electrons. The average Bonchev–Trinajstić information content (AvgIpc) is 2.43. The molecule has 6 heteroatoms. The first-order valence-electron chi connectivity index (χ1n) is 5.96. The van der Waals surface area contributed by atoms with Crippen LogP contribution >= 0.6 is 46.7 Å². The summed E-state index contributed by atoms with van der Waals surface area (Å²) in [6.07, 6.45) is 0. The third-order valence-electron chi connectivity index (χ3n) is 2.87. The summed E-state index contributed by atoms with van der Waals surface area (Å²) in [6.45, 7) is 0.567. The second-order valence-corrected chi connectivity index (χ2v) is 7.65. The Hall–Kier alpha value is -0.0300. The van der Waals surface area contributed by atoms with E-state index >= 15 is 0 Å². The van der Waals surface area contributed by atoms with Crippen LogP contribution < -0.4 is 0 Å². The number of thioether (sulfide) groups is 2. The fraction of sp³-hybridized carbons (Fsp3) is 0.462. The molecular weight excluding hydrogens is 321 g/mol. The minimum atomic E-state index is 0.0894. The second kappa shape index (κ2) is 7.11. The third kappa shape index (κ3) is 4.22. The van der Waals surface area contributed by atoms with E-state index in [4.69, 9.17) is 23.2 Å². The summed E-state index contributed by atoms with van der Waals surface area (Å²) < 4.78 is 0. The van der Waals surface area contributed by atoms with E-state index in [1.807, 2.05) is 30.9 Å². The highest BCUT2D eigenvalue weighted by Gasteiger charge is 2.25. The van der Waals surface area contributed by atoms with E-state index in [0.29, 0.717) is 16.6 Å². The van der Waals surface area contributed by atoms with Crippen LogP contribution in [0.5, 0.6) is 0 Å². The highest BCUT2D eigenvalue weighted by Crippen LogP contribution is 2.26. The summed E-state index contributed by atoms with van der Waals surface area (Å²) >= 11 is 15.5. The number of hydrogen-bond donors (Lipinski definition) is 0. The van der Waals surface area contributed by atoms with E-state index in [2.05, 4.69) is 0 Å². The first-order valence-corrected chi connectivity index (χ1v) is 8.92. The molecule has 19 heavy (non-hydrogen) atoms. The molecule has 0 aromatic heterocycles. The van der Waals surface area contributed by atoms with Gasteiger partial charge in [0.2, 0.25) is 5.91 Å². The van der Waals surface area contributed by atoms with Crippen LogP contribution in [0.2, 0.25) is 10.0 Å². The van der Waals surface area contributed by atoms with Crippen molar-refractivity contribution in [3.8, 4) is 0 Å². The Labute approximate surface area is 132 Å². The zero-order valence-electron chi connectivity index (χ0n) is 10.6. The Bertz CT molecular complexity index is 464. The number of benzene rings is 1. The molecular formula is C13H15Cl2NOS2. The molecule has 0 spiro atoms. The quantitative estimate of drug-likeness (QED) is 0.837. The maximum absolute atomic E-state index is 12.3. The Morgan fingerprint density at radius 2 is 2.16 bits per heavy atom. The van der Waals surface area contributed by atoms with Crippen molar-refractivity contribution >= 4 is 52.6 Å². The Balaban J connectivity index is 1.97. The molecule has 1 aromatic carbocycles. The van der Waals surface area contributed by atoms with Gasteiger partial charge in [-0.05, 0) is 17.7 Å². The number of halogens is 2. The minimum Gasteiger partial charge on any atom is -0.340 e. The molecule has 1 fully saturated rings. The van der Waals surface area contributed by atoms with E-state index in [0.717, 1.165) is 22.8 Å². The van der Waals surface area contributed by atoms with Crippen LogP contribution in [0.1, 0.15) is 5.56 Å². The van der Waals surface area contributed by atoms with Crippen molar-refractivity contribution in [2.75, 3.05) is 24.3 Å². The summed E-state index contributed by atoms with van der Waals surface area (Å²) in [6, 6.07) is 5.49. The van der Waals surface area contributed by atoms with Crippen molar-refractivity contribution in [1.29, 1.82) is 0 Å². The fourth-order valence-electron chi connectivity index (χ4n) is 1.87. The van der Waals surface area contributed by atoms with Gasteiger partial charge in [0.05, 0.1) is 15.3 Å². The summed E-state index contributed by atoms with van der Waals surface area (Å²) in [5.41, 5.74) is 0.999. The molecule has 0 N–H and O–H groups in total. The molecule has 1 aromatic rings. The average molecular weight is 336 g/mol. The Morgan fingerprint density at radius 1 is 1.37 bits per heavy atom. The molecule has 1 aliphatic heterocycles. The number of rotatable bonds is 3. The van der Waals surface area contributed by atoms with Gasteiger partial charge in [0.25, 0.3) is 0 Å². The standard InChI is InChI=1S/C13H15Cl2NOS2/c1-16(13(17)12-8-18-4-5-19-12)7-9-2-3-10(14)11(15)6-9/h2-3,6,12H,4-5,7-8H2,1H3. The monoisotopic (exact) mass is 335 g/mol. The van der Waals surface area contributed by atoms with Crippen LogP contribution in [0, 0.1) is 0 Å². The summed E-state index contributed by atoms with van der Waals surface area (Å²) in [5, 5.41) is 1.16. The van der Waals surface area contributed by atoms with Gasteiger partial charge in [-0.25, -0.2) is 0 Å². The normalized spacial score (nSPS) is 19.2. The molecule has 0 saturated carbocycles. The molecule has 0 radical (unpaired) electrons. The lowest BCUT2D eigenvalue weighted by Gasteiger charge is -2.26. The predicted octanol–water partition coefficient (Wildman–Crippen LogP) is 3.80. The first-order chi connectivity index (χ1) is 9.08. The highest BCUT2D eigenvalue weighted by molar-refractivity contribution is 8.07. The van der Waals surface area contributed by atoms with Gasteiger partial charge in [0, 0.05) is 30.9 Å². The number of amides is 1. The van der Waals surface area contributed by atoms with Crippen molar-refractivity contribution in [3.63, 3.8) is 0 Å². The third-order valence-corrected chi connectivity index (χ3v) is 6.35. The van der Waals surface area contributed by atoms with Crippen LogP contribution in [0.4, 0.5) is 0 Å². The van der Waals surface area contributed by atoms with Gasteiger partial charge in [-0.1, -0.05) is 29.3 Å². The van der Waals surface area contributed by atoms with E-state index in [-0.39, 0.29) is 11.2 Å². The molecule has 0 aliphatic carbocycles. The van der Waals surface area contributed by atoms with E-state index < -0.39 is 0 Å². The predicted molar refractivity (Wildman–Crippen MR) is 86.5 cm³/mol. The second-order valence-electron chi connectivity index (χ2n) is 4.38. The molecule has 2 rings (SSSR count). The van der Waals surface area contributed by atoms with Crippen molar-refractivity contribution in [1.82, 2.24) is 4.90 Å². The topological polar surface area (TPSA) is 20.3 Å². The van der Waals surface area contributed by atoms with Crippen molar-refractivity contribution < 1.29 is 4.79 Å².